The number of aromatic nitrogens is 2. The van der Waals surface area contributed by atoms with E-state index < -0.39 is 0 Å². The van der Waals surface area contributed by atoms with Crippen LogP contribution in [0.25, 0.3) is 54.2 Å². The second kappa shape index (κ2) is 14.6. The zero-order chi connectivity index (χ0) is 34.1. The van der Waals surface area contributed by atoms with Crippen LogP contribution < -0.4 is 0 Å². The summed E-state index contributed by atoms with van der Waals surface area (Å²) in [7, 11) is 0. The Hall–Kier alpha value is -3.38. The van der Waals surface area contributed by atoms with Gasteiger partial charge in [0.25, 0.3) is 0 Å². The van der Waals surface area contributed by atoms with E-state index in [9.17, 15) is 9.90 Å². The first-order valence-electron chi connectivity index (χ1n) is 16.7. The van der Waals surface area contributed by atoms with Crippen LogP contribution in [-0.4, -0.2) is 20.9 Å². The quantitative estimate of drug-likeness (QED) is 0.0938. The minimum atomic E-state index is -0.337. The maximum atomic E-state index is 12.2. The Kier molecular flexibility index (Phi) is 11.4. The van der Waals surface area contributed by atoms with E-state index in [0.717, 1.165) is 58.7 Å². The second-order valence-corrected chi connectivity index (χ2v) is 15.1. The van der Waals surface area contributed by atoms with E-state index in [4.69, 9.17) is 9.40 Å². The summed E-state index contributed by atoms with van der Waals surface area (Å²) in [5.74, 6) is 0.286. The number of rotatable bonds is 8. The summed E-state index contributed by atoms with van der Waals surface area (Å²) in [5.41, 5.74) is 3.98. The molecule has 48 heavy (non-hydrogen) atoms. The molecule has 6 aromatic rings. The Morgan fingerprint density at radius 2 is 1.56 bits per heavy atom. The molecule has 7 heteroatoms. The minimum absolute atomic E-state index is 0. The number of aliphatic hydroxyl groups is 1. The molecule has 0 atom stereocenters. The zero-order valence-electron chi connectivity index (χ0n) is 29.6. The molecule has 0 saturated carbocycles. The Morgan fingerprint density at radius 1 is 0.896 bits per heavy atom. The number of aliphatic hydroxyl groups excluding tert-OH is 1. The van der Waals surface area contributed by atoms with Gasteiger partial charge in [-0.3, -0.25) is 9.78 Å². The number of carbonyl (C=O) groups is 1. The van der Waals surface area contributed by atoms with Crippen molar-refractivity contribution in [2.45, 2.75) is 93.4 Å². The van der Waals surface area contributed by atoms with Gasteiger partial charge in [-0.1, -0.05) is 91.5 Å². The molecule has 1 radical (unpaired) electrons. The Balaban J connectivity index is 0.000000251. The number of fused-ring (bicyclic) bond motifs is 5. The van der Waals surface area contributed by atoms with Crippen LogP contribution in [0.4, 0.5) is 0 Å². The van der Waals surface area contributed by atoms with Crippen molar-refractivity contribution in [3.8, 4) is 11.3 Å². The molecule has 0 fully saturated rings. The monoisotopic (exact) mass is 840 g/mol. The fourth-order valence-electron chi connectivity index (χ4n) is 5.93. The van der Waals surface area contributed by atoms with Crippen LogP contribution in [0.2, 0.25) is 0 Å². The third-order valence-electron chi connectivity index (χ3n) is 10.3. The number of hydrogen-bond acceptors (Lipinski definition) is 6. The summed E-state index contributed by atoms with van der Waals surface area (Å²) >= 11 is 1.73. The minimum Gasteiger partial charge on any atom is -0.512 e. The van der Waals surface area contributed by atoms with Gasteiger partial charge in [0.05, 0.1) is 0 Å². The van der Waals surface area contributed by atoms with Crippen LogP contribution in [0, 0.1) is 16.9 Å². The second-order valence-electron chi connectivity index (χ2n) is 14.1. The first-order valence-corrected chi connectivity index (χ1v) is 17.6. The summed E-state index contributed by atoms with van der Waals surface area (Å²) in [6.45, 7) is 18.8. The van der Waals surface area contributed by atoms with Crippen LogP contribution in [0.15, 0.2) is 76.5 Å². The molecular formula is C41H47IrN2O3S-. The van der Waals surface area contributed by atoms with Gasteiger partial charge >= 0.3 is 0 Å². The van der Waals surface area contributed by atoms with Gasteiger partial charge in [0.1, 0.15) is 17.7 Å². The molecule has 6 rings (SSSR count). The van der Waals surface area contributed by atoms with Crippen molar-refractivity contribution in [3.05, 3.63) is 83.7 Å². The van der Waals surface area contributed by atoms with Crippen LogP contribution in [0.1, 0.15) is 93.6 Å². The predicted molar refractivity (Wildman–Crippen MR) is 198 cm³/mol. The molecule has 0 unspecified atom stereocenters. The maximum absolute atomic E-state index is 12.2. The summed E-state index contributed by atoms with van der Waals surface area (Å²) in [6.07, 6.45) is 6.34. The van der Waals surface area contributed by atoms with Crippen LogP contribution in [0.5, 0.6) is 0 Å². The average Bonchev–Trinajstić information content (AvgIpc) is 3.69. The number of nitrogens with zero attached hydrogens (tertiary/aromatic N) is 2. The van der Waals surface area contributed by atoms with Gasteiger partial charge in [0, 0.05) is 58.2 Å². The standard InChI is InChI=1S/C26H19N2OS.C15H28O2.Ir/c1-26(2,3)20-11-17(10-15-6-4-5-7-18(15)20)24-23-19-13-22-16(8-9-30-22)12-21(19)29-25(23)28-14-27-24;1-7-14(5,8-2)12(16)11-13(17)15(6,9-3)10-4;/h4-9,11-14H,1-3H3;11,16H,7-10H2,1-6H3;/q-1;;/b;12-11-;. The number of allylic oxidation sites excluding steroid dienone is 2. The molecule has 3 heterocycles. The number of furan rings is 1. The van der Waals surface area contributed by atoms with Gasteiger partial charge in [0.2, 0.25) is 5.71 Å². The normalized spacial score (nSPS) is 12.7. The summed E-state index contributed by atoms with van der Waals surface area (Å²) in [4.78, 5) is 21.3. The van der Waals surface area contributed by atoms with Crippen molar-refractivity contribution in [2.75, 3.05) is 0 Å². The Bertz CT molecular complexity index is 2090. The van der Waals surface area contributed by atoms with Crippen LogP contribution in [-0.2, 0) is 30.3 Å². The molecule has 5 nitrogen and oxygen atoms in total. The molecule has 3 aromatic carbocycles. The van der Waals surface area contributed by atoms with Gasteiger partial charge in [-0.15, -0.1) is 40.5 Å². The topological polar surface area (TPSA) is 76.2 Å². The van der Waals surface area contributed by atoms with Crippen molar-refractivity contribution in [1.82, 2.24) is 9.97 Å². The van der Waals surface area contributed by atoms with Crippen molar-refractivity contribution in [1.29, 1.82) is 0 Å². The SMILES string of the molecule is CC(C)(C)c1cc(-c2ncnc3oc4cc5ccsc5cc4c23)[c-]c2ccccc12.CCC(C)(CC)C(=O)/C=C(\O)C(C)(CC)CC.[Ir]. The number of carbonyl (C=O) groups excluding carboxylic acids is 1. The molecule has 0 saturated heterocycles. The van der Waals surface area contributed by atoms with Crippen LogP contribution >= 0.6 is 11.3 Å². The van der Waals surface area contributed by atoms with E-state index >= 15 is 0 Å². The molecule has 0 amide bonds. The van der Waals surface area contributed by atoms with Gasteiger partial charge in [-0.05, 0) is 60.1 Å². The van der Waals surface area contributed by atoms with Crippen molar-refractivity contribution >= 4 is 60.0 Å². The third kappa shape index (κ3) is 7.15. The van der Waals surface area contributed by atoms with E-state index in [1.807, 2.05) is 41.5 Å². The van der Waals surface area contributed by atoms with Gasteiger partial charge in [-0.2, -0.15) is 0 Å². The van der Waals surface area contributed by atoms with Crippen LogP contribution in [0.3, 0.4) is 0 Å². The number of thiophene rings is 1. The molecule has 0 bridgehead atoms. The molecule has 1 N–H and O–H groups in total. The molecule has 0 aliphatic heterocycles. The smallest absolute Gasteiger partial charge is 0.223 e. The van der Waals surface area contributed by atoms with Crippen molar-refractivity contribution in [2.24, 2.45) is 10.8 Å². The Morgan fingerprint density at radius 3 is 2.21 bits per heavy atom. The molecule has 3 aromatic heterocycles. The van der Waals surface area contributed by atoms with E-state index in [2.05, 4.69) is 85.7 Å². The largest absolute Gasteiger partial charge is 0.512 e. The molecule has 255 valence electrons. The Labute approximate surface area is 302 Å². The first-order chi connectivity index (χ1) is 22.3. The number of hydrogen-bond donors (Lipinski definition) is 1. The molecule has 0 spiro atoms. The molecule has 0 aliphatic rings. The molecule has 0 aliphatic carbocycles. The van der Waals surface area contributed by atoms with Gasteiger partial charge in [-0.25, -0.2) is 4.98 Å². The zero-order valence-corrected chi connectivity index (χ0v) is 32.8. The van der Waals surface area contributed by atoms with E-state index in [1.165, 1.54) is 27.1 Å². The molecular weight excluding hydrogens is 793 g/mol. The van der Waals surface area contributed by atoms with Crippen molar-refractivity contribution in [3.63, 3.8) is 0 Å². The average molecular weight is 840 g/mol. The maximum Gasteiger partial charge on any atom is 0.223 e. The van der Waals surface area contributed by atoms with Gasteiger partial charge < -0.3 is 9.52 Å². The van der Waals surface area contributed by atoms with E-state index in [-0.39, 0.29) is 47.9 Å². The number of benzene rings is 3. The predicted octanol–water partition coefficient (Wildman–Crippen LogP) is 12.2. The van der Waals surface area contributed by atoms with E-state index in [0.29, 0.717) is 5.71 Å². The summed E-state index contributed by atoms with van der Waals surface area (Å²) in [6, 6.07) is 20.7. The van der Waals surface area contributed by atoms with Crippen molar-refractivity contribution < 1.29 is 34.4 Å². The fourth-order valence-corrected chi connectivity index (χ4v) is 6.74. The fraction of sp³-hybridized carbons (Fsp3) is 0.390. The first kappa shape index (κ1) is 37.4. The van der Waals surface area contributed by atoms with Gasteiger partial charge in [0.15, 0.2) is 5.78 Å². The number of ketones is 1. The third-order valence-corrected chi connectivity index (χ3v) is 11.2. The summed E-state index contributed by atoms with van der Waals surface area (Å²) < 4.78 is 7.35. The van der Waals surface area contributed by atoms with E-state index in [1.54, 1.807) is 17.7 Å². The summed E-state index contributed by atoms with van der Waals surface area (Å²) in [5, 5.41) is 17.8.